The first-order chi connectivity index (χ1) is 12.9. The molecule has 2 aromatic carbocycles. The summed E-state index contributed by atoms with van der Waals surface area (Å²) in [6.07, 6.45) is 2.86. The highest BCUT2D eigenvalue weighted by Gasteiger charge is 2.30. The van der Waals surface area contributed by atoms with E-state index in [1.165, 1.54) is 0 Å². The molecular weight excluding hydrogens is 362 g/mol. The summed E-state index contributed by atoms with van der Waals surface area (Å²) in [6, 6.07) is 13.9. The molecule has 2 aromatic rings. The van der Waals surface area contributed by atoms with Gasteiger partial charge in [0, 0.05) is 12.6 Å². The van der Waals surface area contributed by atoms with E-state index >= 15 is 0 Å². The van der Waals surface area contributed by atoms with E-state index in [-0.39, 0.29) is 16.9 Å². The number of esters is 1. The molecule has 144 valence electrons. The van der Waals surface area contributed by atoms with E-state index in [0.29, 0.717) is 18.7 Å². The van der Waals surface area contributed by atoms with Crippen LogP contribution in [0.4, 0.5) is 0 Å². The van der Waals surface area contributed by atoms with Crippen molar-refractivity contribution in [1.82, 2.24) is 4.31 Å². The lowest BCUT2D eigenvalue weighted by atomic mass is 10.00. The van der Waals surface area contributed by atoms with Gasteiger partial charge in [0.05, 0.1) is 17.1 Å². The number of carbonyl (C=O) groups excluding carboxylic acids is 1. The van der Waals surface area contributed by atoms with Crippen LogP contribution in [0.25, 0.3) is 11.1 Å². The average molecular weight is 388 g/mol. The van der Waals surface area contributed by atoms with Gasteiger partial charge in [-0.2, -0.15) is 4.31 Å². The zero-order valence-corrected chi connectivity index (χ0v) is 16.5. The standard InChI is InChI=1S/C21H25NO4S/c1-3-26-21(23)20-10-5-4-9-19(20)17-11-13-18(14-12-17)27(24,25)22-15-7-6-8-16(22)2/h4-5,9-14,16H,3,6-8,15H2,1-2H3. The van der Waals surface area contributed by atoms with Gasteiger partial charge in [-0.1, -0.05) is 36.8 Å². The molecule has 0 radical (unpaired) electrons. The minimum atomic E-state index is -3.50. The lowest BCUT2D eigenvalue weighted by Crippen LogP contribution is -2.41. The van der Waals surface area contributed by atoms with Gasteiger partial charge < -0.3 is 4.74 Å². The van der Waals surface area contributed by atoms with Crippen molar-refractivity contribution in [1.29, 1.82) is 0 Å². The molecule has 0 bridgehead atoms. The van der Waals surface area contributed by atoms with Crippen molar-refractivity contribution < 1.29 is 17.9 Å². The van der Waals surface area contributed by atoms with Crippen LogP contribution < -0.4 is 0 Å². The van der Waals surface area contributed by atoms with Gasteiger partial charge in [-0.3, -0.25) is 0 Å². The van der Waals surface area contributed by atoms with E-state index < -0.39 is 10.0 Å². The van der Waals surface area contributed by atoms with E-state index in [9.17, 15) is 13.2 Å². The third kappa shape index (κ3) is 4.06. The number of sulfonamides is 1. The molecule has 1 saturated heterocycles. The highest BCUT2D eigenvalue weighted by atomic mass is 32.2. The fourth-order valence-electron chi connectivity index (χ4n) is 3.49. The van der Waals surface area contributed by atoms with Gasteiger partial charge in [-0.15, -0.1) is 0 Å². The molecule has 27 heavy (non-hydrogen) atoms. The monoisotopic (exact) mass is 387 g/mol. The summed E-state index contributed by atoms with van der Waals surface area (Å²) in [6.45, 7) is 4.59. The summed E-state index contributed by atoms with van der Waals surface area (Å²) in [7, 11) is -3.50. The maximum Gasteiger partial charge on any atom is 0.338 e. The maximum atomic E-state index is 13.0. The molecule has 0 amide bonds. The van der Waals surface area contributed by atoms with Gasteiger partial charge in [0.1, 0.15) is 0 Å². The predicted octanol–water partition coefficient (Wildman–Crippen LogP) is 4.09. The summed E-state index contributed by atoms with van der Waals surface area (Å²) < 4.78 is 32.6. The Morgan fingerprint density at radius 1 is 1.11 bits per heavy atom. The molecule has 0 aromatic heterocycles. The highest BCUT2D eigenvalue weighted by Crippen LogP contribution is 2.29. The Bertz CT molecular complexity index is 906. The maximum absolute atomic E-state index is 13.0. The Morgan fingerprint density at radius 3 is 2.48 bits per heavy atom. The Balaban J connectivity index is 1.91. The number of carbonyl (C=O) groups is 1. The van der Waals surface area contributed by atoms with Crippen LogP contribution in [0, 0.1) is 0 Å². The summed E-state index contributed by atoms with van der Waals surface area (Å²) >= 11 is 0. The smallest absolute Gasteiger partial charge is 0.338 e. The van der Waals surface area contributed by atoms with Crippen LogP contribution >= 0.6 is 0 Å². The molecule has 1 aliphatic rings. The molecule has 0 saturated carbocycles. The van der Waals surface area contributed by atoms with Crippen LogP contribution in [-0.2, 0) is 14.8 Å². The van der Waals surface area contributed by atoms with Gasteiger partial charge >= 0.3 is 5.97 Å². The zero-order chi connectivity index (χ0) is 19.4. The molecule has 0 spiro atoms. The third-order valence-corrected chi connectivity index (χ3v) is 6.96. The van der Waals surface area contributed by atoms with Crippen molar-refractivity contribution in [2.24, 2.45) is 0 Å². The fourth-order valence-corrected chi connectivity index (χ4v) is 5.19. The molecule has 1 aliphatic heterocycles. The fraction of sp³-hybridized carbons (Fsp3) is 0.381. The van der Waals surface area contributed by atoms with Gasteiger partial charge in [-0.25, -0.2) is 13.2 Å². The van der Waals surface area contributed by atoms with E-state index in [4.69, 9.17) is 4.74 Å². The number of hydrogen-bond donors (Lipinski definition) is 0. The summed E-state index contributed by atoms with van der Waals surface area (Å²) in [4.78, 5) is 12.5. The number of benzene rings is 2. The second kappa shape index (κ2) is 8.23. The van der Waals surface area contributed by atoms with Gasteiger partial charge in [0.25, 0.3) is 0 Å². The first kappa shape index (κ1) is 19.6. The zero-order valence-electron chi connectivity index (χ0n) is 15.7. The summed E-state index contributed by atoms with van der Waals surface area (Å²) in [5, 5.41) is 0. The second-order valence-electron chi connectivity index (χ2n) is 6.75. The number of nitrogens with zero attached hydrogens (tertiary/aromatic N) is 1. The van der Waals surface area contributed by atoms with Crippen LogP contribution in [0.2, 0.25) is 0 Å². The molecule has 0 aliphatic carbocycles. The quantitative estimate of drug-likeness (QED) is 0.725. The van der Waals surface area contributed by atoms with Crippen LogP contribution in [0.5, 0.6) is 0 Å². The Morgan fingerprint density at radius 2 is 1.81 bits per heavy atom. The van der Waals surface area contributed by atoms with Crippen LogP contribution in [0.15, 0.2) is 53.4 Å². The average Bonchev–Trinajstić information content (AvgIpc) is 2.68. The lowest BCUT2D eigenvalue weighted by Gasteiger charge is -2.32. The Hall–Kier alpha value is -2.18. The molecule has 0 N–H and O–H groups in total. The molecular formula is C21H25NO4S. The molecule has 1 unspecified atom stereocenters. The molecule has 1 atom stereocenters. The topological polar surface area (TPSA) is 63.7 Å². The Kier molecular flexibility index (Phi) is 5.97. The molecule has 3 rings (SSSR count). The highest BCUT2D eigenvalue weighted by molar-refractivity contribution is 7.89. The van der Waals surface area contributed by atoms with Crippen molar-refractivity contribution >= 4 is 16.0 Å². The first-order valence-corrected chi connectivity index (χ1v) is 10.8. The summed E-state index contributed by atoms with van der Waals surface area (Å²) in [5.41, 5.74) is 1.98. The van der Waals surface area contributed by atoms with Crippen molar-refractivity contribution in [2.45, 2.75) is 44.0 Å². The van der Waals surface area contributed by atoms with Crippen molar-refractivity contribution in [3.63, 3.8) is 0 Å². The SMILES string of the molecule is CCOC(=O)c1ccccc1-c1ccc(S(=O)(=O)N2CCCCC2C)cc1. The van der Waals surface area contributed by atoms with Gasteiger partial charge in [0.2, 0.25) is 10.0 Å². The minimum absolute atomic E-state index is 0.0213. The van der Waals surface area contributed by atoms with Crippen molar-refractivity contribution in [3.8, 4) is 11.1 Å². The molecule has 5 nitrogen and oxygen atoms in total. The number of ether oxygens (including phenoxy) is 1. The largest absolute Gasteiger partial charge is 0.462 e. The van der Waals surface area contributed by atoms with E-state index in [1.807, 2.05) is 19.1 Å². The van der Waals surface area contributed by atoms with Crippen LogP contribution in [0.3, 0.4) is 0 Å². The molecule has 1 heterocycles. The van der Waals surface area contributed by atoms with Crippen molar-refractivity contribution in [3.05, 3.63) is 54.1 Å². The van der Waals surface area contributed by atoms with E-state index in [1.54, 1.807) is 47.6 Å². The normalized spacial score (nSPS) is 18.2. The number of piperidine rings is 1. The number of hydrogen-bond acceptors (Lipinski definition) is 4. The van der Waals surface area contributed by atoms with Crippen LogP contribution in [-0.4, -0.2) is 37.9 Å². The van der Waals surface area contributed by atoms with E-state index in [0.717, 1.165) is 30.4 Å². The first-order valence-electron chi connectivity index (χ1n) is 9.33. The summed E-state index contributed by atoms with van der Waals surface area (Å²) in [5.74, 6) is -0.382. The third-order valence-electron chi connectivity index (χ3n) is 4.94. The lowest BCUT2D eigenvalue weighted by molar-refractivity contribution is 0.0527. The Labute approximate surface area is 161 Å². The number of rotatable bonds is 5. The van der Waals surface area contributed by atoms with Gasteiger partial charge in [-0.05, 0) is 56.0 Å². The minimum Gasteiger partial charge on any atom is -0.462 e. The molecule has 6 heteroatoms. The van der Waals surface area contributed by atoms with Crippen LogP contribution in [0.1, 0.15) is 43.5 Å². The second-order valence-corrected chi connectivity index (χ2v) is 8.64. The van der Waals surface area contributed by atoms with Crippen molar-refractivity contribution in [2.75, 3.05) is 13.2 Å². The molecule has 1 fully saturated rings. The van der Waals surface area contributed by atoms with E-state index in [2.05, 4.69) is 0 Å². The van der Waals surface area contributed by atoms with Gasteiger partial charge in [0.15, 0.2) is 0 Å². The predicted molar refractivity (Wildman–Crippen MR) is 105 cm³/mol.